The quantitative estimate of drug-likeness (QED) is 0.877. The van der Waals surface area contributed by atoms with E-state index in [2.05, 4.69) is 38.3 Å². The summed E-state index contributed by atoms with van der Waals surface area (Å²) in [5.74, 6) is -0.198. The molecule has 0 amide bonds. The molecule has 0 atom stereocenters. The van der Waals surface area contributed by atoms with Crippen molar-refractivity contribution in [1.29, 1.82) is 0 Å². The monoisotopic (exact) mass is 336 g/mol. The zero-order valence-electron chi connectivity index (χ0n) is 11.7. The van der Waals surface area contributed by atoms with Gasteiger partial charge in [0.2, 0.25) is 0 Å². The van der Waals surface area contributed by atoms with Gasteiger partial charge in [0.1, 0.15) is 5.82 Å². The predicted molar refractivity (Wildman–Crippen MR) is 85.3 cm³/mol. The van der Waals surface area contributed by atoms with Crippen molar-refractivity contribution >= 4 is 21.6 Å². The molecule has 0 spiro atoms. The molecule has 106 valence electrons. The van der Waals surface area contributed by atoms with Crippen LogP contribution in [0.15, 0.2) is 46.9 Å². The summed E-state index contributed by atoms with van der Waals surface area (Å²) in [4.78, 5) is 2.12. The average molecular weight is 337 g/mol. The molecular formula is C16H18BrFN2. The second-order valence-corrected chi connectivity index (χ2v) is 5.94. The maximum atomic E-state index is 13.7. The van der Waals surface area contributed by atoms with Crippen LogP contribution in [0.25, 0.3) is 0 Å². The fourth-order valence-corrected chi connectivity index (χ4v) is 2.34. The molecule has 0 saturated heterocycles. The number of nitrogens with one attached hydrogen (secondary N) is 1. The highest BCUT2D eigenvalue weighted by molar-refractivity contribution is 9.10. The van der Waals surface area contributed by atoms with E-state index in [-0.39, 0.29) is 5.82 Å². The van der Waals surface area contributed by atoms with Crippen LogP contribution in [0.4, 0.5) is 10.1 Å². The summed E-state index contributed by atoms with van der Waals surface area (Å²) in [6, 6.07) is 13.3. The number of benzene rings is 2. The maximum absolute atomic E-state index is 13.7. The third-order valence-corrected chi connectivity index (χ3v) is 3.42. The third kappa shape index (κ3) is 4.32. The van der Waals surface area contributed by atoms with Crippen LogP contribution in [0.3, 0.4) is 0 Å². The first-order valence-corrected chi connectivity index (χ1v) is 7.25. The highest BCUT2D eigenvalue weighted by Crippen LogP contribution is 2.17. The summed E-state index contributed by atoms with van der Waals surface area (Å²) in [5.41, 5.74) is 2.90. The molecule has 2 aromatic rings. The molecule has 0 aliphatic heterocycles. The van der Waals surface area contributed by atoms with Gasteiger partial charge < -0.3 is 10.2 Å². The van der Waals surface area contributed by atoms with E-state index in [1.807, 2.05) is 32.3 Å². The average Bonchev–Trinajstić information content (AvgIpc) is 2.37. The molecule has 0 aromatic heterocycles. The highest BCUT2D eigenvalue weighted by Gasteiger charge is 2.03. The Kier molecular flexibility index (Phi) is 5.15. The van der Waals surface area contributed by atoms with Crippen molar-refractivity contribution in [2.45, 2.75) is 13.1 Å². The highest BCUT2D eigenvalue weighted by atomic mass is 79.9. The van der Waals surface area contributed by atoms with Gasteiger partial charge >= 0.3 is 0 Å². The van der Waals surface area contributed by atoms with Crippen LogP contribution >= 0.6 is 15.9 Å². The number of hydrogen-bond acceptors (Lipinski definition) is 2. The first kappa shape index (κ1) is 15.0. The number of hydrogen-bond donors (Lipinski definition) is 1. The van der Waals surface area contributed by atoms with Crippen molar-refractivity contribution in [3.05, 3.63) is 63.9 Å². The van der Waals surface area contributed by atoms with Crippen molar-refractivity contribution in [2.75, 3.05) is 19.4 Å². The van der Waals surface area contributed by atoms with E-state index in [9.17, 15) is 4.39 Å². The Balaban J connectivity index is 2.03. The van der Waals surface area contributed by atoms with Crippen LogP contribution in [0.5, 0.6) is 0 Å². The fraction of sp³-hybridized carbons (Fsp3) is 0.250. The van der Waals surface area contributed by atoms with E-state index < -0.39 is 0 Å². The SMILES string of the molecule is CN(C)Cc1cccc(NCc2ccc(Br)cc2F)c1. The number of rotatable bonds is 5. The minimum absolute atomic E-state index is 0.198. The van der Waals surface area contributed by atoms with Crippen molar-refractivity contribution < 1.29 is 4.39 Å². The summed E-state index contributed by atoms with van der Waals surface area (Å²) in [6.45, 7) is 1.37. The number of anilines is 1. The van der Waals surface area contributed by atoms with E-state index in [1.165, 1.54) is 11.6 Å². The van der Waals surface area contributed by atoms with Gasteiger partial charge in [-0.15, -0.1) is 0 Å². The summed E-state index contributed by atoms with van der Waals surface area (Å²) >= 11 is 3.26. The Hall–Kier alpha value is -1.39. The summed E-state index contributed by atoms with van der Waals surface area (Å²) < 4.78 is 14.5. The van der Waals surface area contributed by atoms with E-state index in [4.69, 9.17) is 0 Å². The molecule has 0 aliphatic rings. The van der Waals surface area contributed by atoms with Crippen LogP contribution in [0.2, 0.25) is 0 Å². The lowest BCUT2D eigenvalue weighted by atomic mass is 10.1. The molecule has 2 aromatic carbocycles. The maximum Gasteiger partial charge on any atom is 0.129 e. The van der Waals surface area contributed by atoms with Gasteiger partial charge in [-0.3, -0.25) is 0 Å². The zero-order chi connectivity index (χ0) is 14.5. The van der Waals surface area contributed by atoms with Gasteiger partial charge in [-0.05, 0) is 43.9 Å². The second-order valence-electron chi connectivity index (χ2n) is 5.03. The molecule has 0 fully saturated rings. The van der Waals surface area contributed by atoms with Gasteiger partial charge in [-0.2, -0.15) is 0 Å². The molecular weight excluding hydrogens is 319 g/mol. The summed E-state index contributed by atoms with van der Waals surface area (Å²) in [5, 5.41) is 3.26. The number of halogens is 2. The van der Waals surface area contributed by atoms with Crippen LogP contribution < -0.4 is 5.32 Å². The summed E-state index contributed by atoms with van der Waals surface area (Å²) in [6.07, 6.45) is 0. The predicted octanol–water partition coefficient (Wildman–Crippen LogP) is 4.26. The first-order valence-electron chi connectivity index (χ1n) is 6.46. The van der Waals surface area contributed by atoms with Gasteiger partial charge in [-0.25, -0.2) is 4.39 Å². The van der Waals surface area contributed by atoms with Gasteiger partial charge in [-0.1, -0.05) is 34.1 Å². The standard InChI is InChI=1S/C16H18BrFN2/c1-20(2)11-12-4-3-5-15(8-12)19-10-13-6-7-14(17)9-16(13)18/h3-9,19H,10-11H2,1-2H3. The van der Waals surface area contributed by atoms with Crippen molar-refractivity contribution in [1.82, 2.24) is 4.90 Å². The molecule has 0 bridgehead atoms. The number of nitrogens with zero attached hydrogens (tertiary/aromatic N) is 1. The van der Waals surface area contributed by atoms with Gasteiger partial charge in [0, 0.05) is 28.8 Å². The molecule has 2 rings (SSSR count). The second kappa shape index (κ2) is 6.86. The van der Waals surface area contributed by atoms with Crippen LogP contribution in [0, 0.1) is 5.82 Å². The molecule has 0 radical (unpaired) electrons. The van der Waals surface area contributed by atoms with Gasteiger partial charge in [0.05, 0.1) is 0 Å². The lowest BCUT2D eigenvalue weighted by molar-refractivity contribution is 0.402. The summed E-state index contributed by atoms with van der Waals surface area (Å²) in [7, 11) is 4.08. The Morgan fingerprint density at radius 1 is 1.15 bits per heavy atom. The Labute approximate surface area is 127 Å². The molecule has 2 nitrogen and oxygen atoms in total. The van der Waals surface area contributed by atoms with Crippen molar-refractivity contribution in [2.24, 2.45) is 0 Å². The molecule has 0 aliphatic carbocycles. The normalized spacial score (nSPS) is 10.8. The Bertz CT molecular complexity index is 584. The lowest BCUT2D eigenvalue weighted by Crippen LogP contribution is -2.10. The van der Waals surface area contributed by atoms with E-state index >= 15 is 0 Å². The molecule has 20 heavy (non-hydrogen) atoms. The lowest BCUT2D eigenvalue weighted by Gasteiger charge is -2.12. The first-order chi connectivity index (χ1) is 9.54. The Morgan fingerprint density at radius 2 is 1.95 bits per heavy atom. The minimum atomic E-state index is -0.198. The molecule has 0 saturated carbocycles. The van der Waals surface area contributed by atoms with Crippen LogP contribution in [-0.2, 0) is 13.1 Å². The topological polar surface area (TPSA) is 15.3 Å². The molecule has 0 heterocycles. The van der Waals surface area contributed by atoms with Gasteiger partial charge in [0.15, 0.2) is 0 Å². The molecule has 1 N–H and O–H groups in total. The molecule has 4 heteroatoms. The zero-order valence-corrected chi connectivity index (χ0v) is 13.2. The van der Waals surface area contributed by atoms with Crippen molar-refractivity contribution in [3.63, 3.8) is 0 Å². The Morgan fingerprint density at radius 3 is 2.65 bits per heavy atom. The fourth-order valence-electron chi connectivity index (χ4n) is 2.01. The molecule has 0 unspecified atom stereocenters. The third-order valence-electron chi connectivity index (χ3n) is 2.92. The van der Waals surface area contributed by atoms with E-state index in [1.54, 1.807) is 6.07 Å². The van der Waals surface area contributed by atoms with E-state index in [0.29, 0.717) is 12.1 Å². The van der Waals surface area contributed by atoms with Gasteiger partial charge in [0.25, 0.3) is 0 Å². The largest absolute Gasteiger partial charge is 0.381 e. The van der Waals surface area contributed by atoms with Crippen molar-refractivity contribution in [3.8, 4) is 0 Å². The van der Waals surface area contributed by atoms with Crippen LogP contribution in [0.1, 0.15) is 11.1 Å². The minimum Gasteiger partial charge on any atom is -0.381 e. The van der Waals surface area contributed by atoms with E-state index in [0.717, 1.165) is 16.7 Å². The smallest absolute Gasteiger partial charge is 0.129 e. The van der Waals surface area contributed by atoms with Crippen LogP contribution in [-0.4, -0.2) is 19.0 Å².